The predicted molar refractivity (Wildman–Crippen MR) is 151 cm³/mol. The quantitative estimate of drug-likeness (QED) is 0.219. The molecular formula is C30H32ClN3O4. The Balaban J connectivity index is 1.89. The van der Waals surface area contributed by atoms with E-state index in [4.69, 9.17) is 26.1 Å². The lowest BCUT2D eigenvalue weighted by Crippen LogP contribution is -2.38. The third-order valence-corrected chi connectivity index (χ3v) is 6.84. The number of methoxy groups -OCH3 is 2. The van der Waals surface area contributed by atoms with Crippen LogP contribution >= 0.6 is 11.6 Å². The van der Waals surface area contributed by atoms with Gasteiger partial charge in [-0.1, -0.05) is 37.4 Å². The maximum atomic E-state index is 13.9. The number of hydrogen-bond acceptors (Lipinski definition) is 5. The van der Waals surface area contributed by atoms with Crippen molar-refractivity contribution >= 4 is 28.4 Å². The summed E-state index contributed by atoms with van der Waals surface area (Å²) in [6.07, 6.45) is 2.81. The number of carbonyl (C=O) groups excluding carboxylic acids is 1. The second kappa shape index (κ2) is 12.1. The molecule has 4 aromatic rings. The topological polar surface area (TPSA) is 73.7 Å². The molecule has 1 aromatic heterocycles. The first-order valence-electron chi connectivity index (χ1n) is 12.7. The van der Waals surface area contributed by atoms with Crippen LogP contribution in [0.5, 0.6) is 11.5 Å². The summed E-state index contributed by atoms with van der Waals surface area (Å²) in [5.41, 5.74) is 1.39. The molecule has 0 bridgehead atoms. The Hall–Kier alpha value is -3.84. The van der Waals surface area contributed by atoms with Gasteiger partial charge >= 0.3 is 0 Å². The molecule has 198 valence electrons. The van der Waals surface area contributed by atoms with Gasteiger partial charge in [0.2, 0.25) is 0 Å². The van der Waals surface area contributed by atoms with Crippen molar-refractivity contribution < 1.29 is 14.3 Å². The van der Waals surface area contributed by atoms with Gasteiger partial charge in [0.1, 0.15) is 17.3 Å². The molecule has 1 unspecified atom stereocenters. The number of benzene rings is 3. The van der Waals surface area contributed by atoms with E-state index in [-0.39, 0.29) is 11.5 Å². The van der Waals surface area contributed by atoms with E-state index in [9.17, 15) is 9.59 Å². The summed E-state index contributed by atoms with van der Waals surface area (Å²) in [7, 11) is 3.16. The van der Waals surface area contributed by atoms with E-state index in [2.05, 4.69) is 6.92 Å². The number of fused-ring (bicyclic) bond motifs is 1. The molecule has 0 N–H and O–H groups in total. The Labute approximate surface area is 227 Å². The lowest BCUT2D eigenvalue weighted by molar-refractivity contribution is 0.0677. The molecule has 1 heterocycles. The number of nitrogens with zero attached hydrogens (tertiary/aromatic N) is 3. The van der Waals surface area contributed by atoms with Gasteiger partial charge < -0.3 is 14.4 Å². The predicted octanol–water partition coefficient (Wildman–Crippen LogP) is 6.45. The van der Waals surface area contributed by atoms with Gasteiger partial charge in [-0.05, 0) is 74.0 Å². The third-order valence-electron chi connectivity index (χ3n) is 6.61. The number of unbranched alkanes of at least 4 members (excludes halogenated alkanes) is 2. The SMILES string of the molecule is CCCCCN(C(=O)c1cccc(OC)c1)C(C)c1nc2cc(Cl)ccc2c(=O)n1-c1ccc(OC)cc1. The van der Waals surface area contributed by atoms with Gasteiger partial charge in [0, 0.05) is 17.1 Å². The number of ether oxygens (including phenoxy) is 2. The van der Waals surface area contributed by atoms with Gasteiger partial charge in [-0.3, -0.25) is 14.2 Å². The third kappa shape index (κ3) is 5.68. The fourth-order valence-corrected chi connectivity index (χ4v) is 4.67. The van der Waals surface area contributed by atoms with E-state index >= 15 is 0 Å². The molecule has 0 saturated carbocycles. The van der Waals surface area contributed by atoms with Crippen LogP contribution in [0, 0.1) is 0 Å². The second-order valence-electron chi connectivity index (χ2n) is 9.08. The largest absolute Gasteiger partial charge is 0.497 e. The average Bonchev–Trinajstić information content (AvgIpc) is 2.94. The molecule has 8 heteroatoms. The molecule has 3 aromatic carbocycles. The highest BCUT2D eigenvalue weighted by atomic mass is 35.5. The van der Waals surface area contributed by atoms with Crippen molar-refractivity contribution in [3.05, 3.63) is 93.5 Å². The molecule has 1 amide bonds. The molecule has 0 aliphatic carbocycles. The Bertz CT molecular complexity index is 1480. The number of carbonyl (C=O) groups is 1. The maximum absolute atomic E-state index is 13.9. The van der Waals surface area contributed by atoms with Crippen molar-refractivity contribution in [2.45, 2.75) is 39.2 Å². The highest BCUT2D eigenvalue weighted by molar-refractivity contribution is 6.31. The molecule has 38 heavy (non-hydrogen) atoms. The van der Waals surface area contributed by atoms with E-state index in [0.29, 0.717) is 51.0 Å². The standard InChI is InChI=1S/C30H32ClN3O4/c1-5-6-7-17-33(29(35)21-9-8-10-25(18-21)38-4)20(2)28-32-27-19-22(31)11-16-26(27)30(36)34(28)23-12-14-24(37-3)15-13-23/h8-16,18-20H,5-7,17H2,1-4H3. The first kappa shape index (κ1) is 27.2. The summed E-state index contributed by atoms with van der Waals surface area (Å²) in [5, 5.41) is 0.926. The molecule has 4 rings (SSSR count). The summed E-state index contributed by atoms with van der Waals surface area (Å²) < 4.78 is 12.2. The molecular weight excluding hydrogens is 502 g/mol. The van der Waals surface area contributed by atoms with E-state index in [0.717, 1.165) is 19.3 Å². The molecule has 0 radical (unpaired) electrons. The maximum Gasteiger partial charge on any atom is 0.266 e. The molecule has 0 saturated heterocycles. The number of halogens is 1. The second-order valence-corrected chi connectivity index (χ2v) is 9.52. The molecule has 1 atom stereocenters. The normalized spacial score (nSPS) is 11.8. The van der Waals surface area contributed by atoms with Gasteiger partial charge in [0.25, 0.3) is 11.5 Å². The van der Waals surface area contributed by atoms with Crippen LogP contribution in [0.15, 0.2) is 71.5 Å². The van der Waals surface area contributed by atoms with Gasteiger partial charge in [0.15, 0.2) is 0 Å². The minimum absolute atomic E-state index is 0.158. The summed E-state index contributed by atoms with van der Waals surface area (Å²) in [6, 6.07) is 18.8. The molecule has 7 nitrogen and oxygen atoms in total. The number of aromatic nitrogens is 2. The molecule has 0 spiro atoms. The minimum atomic E-state index is -0.524. The van der Waals surface area contributed by atoms with Crippen molar-refractivity contribution in [2.75, 3.05) is 20.8 Å². The van der Waals surface area contributed by atoms with E-state index in [1.54, 1.807) is 78.3 Å². The highest BCUT2D eigenvalue weighted by Gasteiger charge is 2.28. The Kier molecular flexibility index (Phi) is 8.69. The van der Waals surface area contributed by atoms with E-state index in [1.807, 2.05) is 19.1 Å². The van der Waals surface area contributed by atoms with Crippen LogP contribution in [-0.2, 0) is 0 Å². The van der Waals surface area contributed by atoms with Crippen LogP contribution in [-0.4, -0.2) is 41.1 Å². The molecule has 0 aliphatic rings. The first-order valence-corrected chi connectivity index (χ1v) is 13.1. The van der Waals surface area contributed by atoms with Crippen LogP contribution in [0.25, 0.3) is 16.6 Å². The number of rotatable bonds is 10. The zero-order chi connectivity index (χ0) is 27.2. The van der Waals surface area contributed by atoms with Crippen molar-refractivity contribution in [1.82, 2.24) is 14.5 Å². The van der Waals surface area contributed by atoms with Crippen LogP contribution in [0.3, 0.4) is 0 Å². The summed E-state index contributed by atoms with van der Waals surface area (Å²) in [6.45, 7) is 4.53. The van der Waals surface area contributed by atoms with E-state index < -0.39 is 6.04 Å². The van der Waals surface area contributed by atoms with Gasteiger partial charge in [-0.2, -0.15) is 0 Å². The number of amides is 1. The zero-order valence-electron chi connectivity index (χ0n) is 22.1. The van der Waals surface area contributed by atoms with E-state index in [1.165, 1.54) is 0 Å². The summed E-state index contributed by atoms with van der Waals surface area (Å²) >= 11 is 6.26. The summed E-state index contributed by atoms with van der Waals surface area (Å²) in [4.78, 5) is 34.4. The monoisotopic (exact) mass is 533 g/mol. The fourth-order valence-electron chi connectivity index (χ4n) is 4.50. The van der Waals surface area contributed by atoms with Crippen LogP contribution in [0.2, 0.25) is 5.02 Å². The van der Waals surface area contributed by atoms with Crippen molar-refractivity contribution in [2.24, 2.45) is 0 Å². The zero-order valence-corrected chi connectivity index (χ0v) is 22.9. The van der Waals surface area contributed by atoms with Crippen LogP contribution in [0.4, 0.5) is 0 Å². The van der Waals surface area contributed by atoms with Crippen molar-refractivity contribution in [1.29, 1.82) is 0 Å². The fraction of sp³-hybridized carbons (Fsp3) is 0.300. The highest BCUT2D eigenvalue weighted by Crippen LogP contribution is 2.27. The Morgan fingerprint density at radius 3 is 2.42 bits per heavy atom. The average molecular weight is 534 g/mol. The lowest BCUT2D eigenvalue weighted by Gasteiger charge is -2.31. The molecule has 0 fully saturated rings. The summed E-state index contributed by atoms with van der Waals surface area (Å²) in [5.74, 6) is 1.56. The Morgan fingerprint density at radius 1 is 1.00 bits per heavy atom. The number of hydrogen-bond donors (Lipinski definition) is 0. The van der Waals surface area contributed by atoms with Gasteiger partial charge in [-0.15, -0.1) is 0 Å². The first-order chi connectivity index (χ1) is 18.4. The lowest BCUT2D eigenvalue weighted by atomic mass is 10.1. The molecule has 0 aliphatic heterocycles. The minimum Gasteiger partial charge on any atom is -0.497 e. The van der Waals surface area contributed by atoms with Crippen LogP contribution < -0.4 is 15.0 Å². The smallest absolute Gasteiger partial charge is 0.266 e. The van der Waals surface area contributed by atoms with Gasteiger partial charge in [0.05, 0.1) is 36.9 Å². The Morgan fingerprint density at radius 2 is 1.74 bits per heavy atom. The van der Waals surface area contributed by atoms with Gasteiger partial charge in [-0.25, -0.2) is 4.98 Å². The van der Waals surface area contributed by atoms with Crippen molar-refractivity contribution in [3.8, 4) is 17.2 Å². The van der Waals surface area contributed by atoms with Crippen molar-refractivity contribution in [3.63, 3.8) is 0 Å². The van der Waals surface area contributed by atoms with Crippen LogP contribution in [0.1, 0.15) is 55.3 Å².